The third-order valence-electron chi connectivity index (χ3n) is 14.4. The summed E-state index contributed by atoms with van der Waals surface area (Å²) in [5.74, 6) is 2.72. The molecule has 48 heavy (non-hydrogen) atoms. The highest BCUT2D eigenvalue weighted by molar-refractivity contribution is 5.75. The lowest BCUT2D eigenvalue weighted by atomic mass is 9.68. The van der Waals surface area contributed by atoms with Crippen molar-refractivity contribution >= 4 is 11.9 Å². The molecule has 0 radical (unpaired) electrons. The molecule has 0 N–H and O–H groups in total. The molecular formula is C40H58O8. The maximum Gasteiger partial charge on any atom is 0.310 e. The molecular weight excluding hydrogens is 608 g/mol. The van der Waals surface area contributed by atoms with E-state index >= 15 is 0 Å². The molecule has 4 aliphatic heterocycles. The highest BCUT2D eigenvalue weighted by Gasteiger charge is 2.64. The molecule has 0 aromatic carbocycles. The van der Waals surface area contributed by atoms with Crippen molar-refractivity contribution in [2.45, 2.75) is 138 Å². The van der Waals surface area contributed by atoms with E-state index in [2.05, 4.69) is 38.2 Å². The summed E-state index contributed by atoms with van der Waals surface area (Å²) in [5.41, 5.74) is -1.30. The molecule has 8 heteroatoms. The lowest BCUT2D eigenvalue weighted by molar-refractivity contribution is -0.183. The summed E-state index contributed by atoms with van der Waals surface area (Å²) < 4.78 is 36.1. The molecule has 0 aromatic rings. The molecule has 5 aliphatic carbocycles. The molecule has 12 atom stereocenters. The van der Waals surface area contributed by atoms with Crippen LogP contribution in [0.1, 0.15) is 104 Å². The first kappa shape index (κ1) is 33.4. The Morgan fingerprint density at radius 1 is 0.708 bits per heavy atom. The van der Waals surface area contributed by atoms with Crippen molar-refractivity contribution < 1.29 is 38.0 Å². The molecule has 266 valence electrons. The van der Waals surface area contributed by atoms with Crippen LogP contribution >= 0.6 is 0 Å². The third-order valence-corrected chi connectivity index (χ3v) is 14.4. The van der Waals surface area contributed by atoms with Gasteiger partial charge < -0.3 is 28.4 Å². The second kappa shape index (κ2) is 12.5. The molecule has 12 unspecified atom stereocenters. The average molecular weight is 667 g/mol. The van der Waals surface area contributed by atoms with Crippen LogP contribution < -0.4 is 0 Å². The predicted octanol–water partition coefficient (Wildman–Crippen LogP) is 6.74. The van der Waals surface area contributed by atoms with Gasteiger partial charge in [-0.15, -0.1) is 0 Å². The second-order valence-electron chi connectivity index (χ2n) is 17.6. The summed E-state index contributed by atoms with van der Waals surface area (Å²) in [6.45, 7) is 5.33. The fourth-order valence-corrected chi connectivity index (χ4v) is 12.3. The van der Waals surface area contributed by atoms with Crippen molar-refractivity contribution in [3.8, 4) is 0 Å². The van der Waals surface area contributed by atoms with Crippen LogP contribution in [0, 0.1) is 47.3 Å². The van der Waals surface area contributed by atoms with E-state index in [0.29, 0.717) is 55.0 Å². The van der Waals surface area contributed by atoms with E-state index in [1.165, 1.54) is 0 Å². The van der Waals surface area contributed by atoms with E-state index < -0.39 is 5.60 Å². The SMILES string of the molecule is COCC12CCC(CC1C(C)(C)OC(=O)C1CC3C=CC1C3)O2.COCC12CCC(CC1C1(OC(=O)C3CC4C=CC3C4)CCCC1)O2. The summed E-state index contributed by atoms with van der Waals surface area (Å²) >= 11 is 0. The van der Waals surface area contributed by atoms with Crippen LogP contribution in [-0.2, 0) is 38.0 Å². The number of carbonyl (C=O) groups excluding carboxylic acids is 2. The Kier molecular flexibility index (Phi) is 8.69. The standard InChI is InChI=1S/C21H30O4.C19H28O4/c1-23-13-21-9-6-16(24-21)12-18(21)20(7-2-3-8-20)25-19(22)17-11-14-4-5-15(17)10-14;1-18(2,16-10-14-6-7-19(16,22-14)11-21-3)23-17(20)15-9-12-4-5-13(15)8-12/h4-5,14-18H,2-3,6-13H2,1H3;4-5,12-16H,6-11H2,1-3H3. The van der Waals surface area contributed by atoms with Crippen LogP contribution in [-0.4, -0.2) is 74.0 Å². The normalized spacial score (nSPS) is 45.2. The predicted molar refractivity (Wildman–Crippen MR) is 179 cm³/mol. The van der Waals surface area contributed by atoms with Gasteiger partial charge in [0, 0.05) is 26.1 Å². The summed E-state index contributed by atoms with van der Waals surface area (Å²) in [4.78, 5) is 25.8. The molecule has 0 amide bonds. The highest BCUT2D eigenvalue weighted by atomic mass is 16.6. The van der Waals surface area contributed by atoms with E-state index in [0.717, 1.165) is 89.9 Å². The van der Waals surface area contributed by atoms with E-state index in [1.54, 1.807) is 14.2 Å². The number of fused-ring (bicyclic) bond motifs is 8. The van der Waals surface area contributed by atoms with Crippen molar-refractivity contribution in [1.82, 2.24) is 0 Å². The van der Waals surface area contributed by atoms with Crippen LogP contribution in [0.4, 0.5) is 0 Å². The second-order valence-corrected chi connectivity index (χ2v) is 17.6. The first-order chi connectivity index (χ1) is 23.1. The Bertz CT molecular complexity index is 1300. The van der Waals surface area contributed by atoms with Gasteiger partial charge in [0.15, 0.2) is 0 Å². The molecule has 4 saturated heterocycles. The molecule has 9 rings (SSSR count). The maximum atomic E-state index is 13.1. The van der Waals surface area contributed by atoms with E-state index in [4.69, 9.17) is 28.4 Å². The van der Waals surface area contributed by atoms with Gasteiger partial charge in [-0.05, 0) is 127 Å². The number of hydrogen-bond acceptors (Lipinski definition) is 8. The van der Waals surface area contributed by atoms with Gasteiger partial charge in [0.25, 0.3) is 0 Å². The number of rotatable bonds is 10. The largest absolute Gasteiger partial charge is 0.459 e. The molecule has 9 aliphatic rings. The molecule has 4 heterocycles. The van der Waals surface area contributed by atoms with E-state index in [1.807, 2.05) is 0 Å². The molecule has 7 fully saturated rings. The topological polar surface area (TPSA) is 89.5 Å². The zero-order chi connectivity index (χ0) is 33.3. The van der Waals surface area contributed by atoms with Gasteiger partial charge in [-0.3, -0.25) is 9.59 Å². The van der Waals surface area contributed by atoms with Crippen LogP contribution in [0.2, 0.25) is 0 Å². The summed E-state index contributed by atoms with van der Waals surface area (Å²) in [5, 5.41) is 0. The zero-order valence-electron chi connectivity index (χ0n) is 29.7. The minimum atomic E-state index is -0.504. The smallest absolute Gasteiger partial charge is 0.310 e. The van der Waals surface area contributed by atoms with Gasteiger partial charge in [-0.1, -0.05) is 24.3 Å². The molecule has 8 nitrogen and oxygen atoms in total. The number of hydrogen-bond donors (Lipinski definition) is 0. The van der Waals surface area contributed by atoms with Gasteiger partial charge in [0.2, 0.25) is 0 Å². The third kappa shape index (κ3) is 5.63. The quantitative estimate of drug-likeness (QED) is 0.187. The number of methoxy groups -OCH3 is 2. The number of carbonyl (C=O) groups is 2. The molecule has 3 saturated carbocycles. The average Bonchev–Trinajstić information content (AvgIpc) is 3.91. The van der Waals surface area contributed by atoms with E-state index in [9.17, 15) is 9.59 Å². The molecule has 8 bridgehead atoms. The van der Waals surface area contributed by atoms with Crippen LogP contribution in [0.3, 0.4) is 0 Å². The minimum Gasteiger partial charge on any atom is -0.459 e. The monoisotopic (exact) mass is 666 g/mol. The van der Waals surface area contributed by atoms with Crippen molar-refractivity contribution in [3.05, 3.63) is 24.3 Å². The van der Waals surface area contributed by atoms with E-state index in [-0.39, 0.29) is 46.5 Å². The Balaban J connectivity index is 0.000000141. The number of esters is 2. The first-order valence-electron chi connectivity index (χ1n) is 19.2. The maximum absolute atomic E-state index is 13.1. The highest BCUT2D eigenvalue weighted by Crippen LogP contribution is 2.58. The van der Waals surface area contributed by atoms with Gasteiger partial charge >= 0.3 is 11.9 Å². The molecule has 0 spiro atoms. The molecule has 0 aromatic heterocycles. The van der Waals surface area contributed by atoms with Crippen molar-refractivity contribution in [1.29, 1.82) is 0 Å². The number of ether oxygens (including phenoxy) is 6. The summed E-state index contributed by atoms with van der Waals surface area (Å²) in [7, 11) is 3.48. The Morgan fingerprint density at radius 2 is 1.27 bits per heavy atom. The van der Waals surface area contributed by atoms with Crippen LogP contribution in [0.25, 0.3) is 0 Å². The Hall–Kier alpha value is -1.74. The van der Waals surface area contributed by atoms with Crippen LogP contribution in [0.5, 0.6) is 0 Å². The van der Waals surface area contributed by atoms with Crippen molar-refractivity contribution in [2.75, 3.05) is 27.4 Å². The summed E-state index contributed by atoms with van der Waals surface area (Å²) in [6, 6.07) is 0. The van der Waals surface area contributed by atoms with Gasteiger partial charge in [0.05, 0.1) is 48.5 Å². The number of allylic oxidation sites excluding steroid dienone is 4. The van der Waals surface area contributed by atoms with Gasteiger partial charge in [-0.25, -0.2) is 0 Å². The first-order valence-corrected chi connectivity index (χ1v) is 19.2. The fraction of sp³-hybridized carbons (Fsp3) is 0.850. The summed E-state index contributed by atoms with van der Waals surface area (Å²) in [6.07, 6.45) is 24.5. The lowest BCUT2D eigenvalue weighted by Gasteiger charge is -2.44. The van der Waals surface area contributed by atoms with Crippen molar-refractivity contribution in [3.63, 3.8) is 0 Å². The van der Waals surface area contributed by atoms with Crippen molar-refractivity contribution in [2.24, 2.45) is 47.3 Å². The minimum absolute atomic E-state index is 0.0119. The van der Waals surface area contributed by atoms with Gasteiger partial charge in [0.1, 0.15) is 11.2 Å². The van der Waals surface area contributed by atoms with Crippen LogP contribution in [0.15, 0.2) is 24.3 Å². The zero-order valence-corrected chi connectivity index (χ0v) is 29.7. The Labute approximate surface area is 287 Å². The Morgan fingerprint density at radius 3 is 1.81 bits per heavy atom. The van der Waals surface area contributed by atoms with Gasteiger partial charge in [-0.2, -0.15) is 0 Å². The fourth-order valence-electron chi connectivity index (χ4n) is 12.3. The lowest BCUT2D eigenvalue weighted by Crippen LogP contribution is -2.53.